The van der Waals surface area contributed by atoms with Gasteiger partial charge in [-0.3, -0.25) is 24.0 Å². The number of nitrogens with zero attached hydrogens (tertiary/aromatic N) is 5. The van der Waals surface area contributed by atoms with Crippen molar-refractivity contribution in [1.82, 2.24) is 24.2 Å². The van der Waals surface area contributed by atoms with Crippen LogP contribution in [0.5, 0.6) is 0 Å². The molecule has 1 spiro atoms. The van der Waals surface area contributed by atoms with E-state index in [0.717, 1.165) is 44.5 Å². The number of carbonyl (C=O) groups is 1. The number of ether oxygens (including phenoxy) is 1. The van der Waals surface area contributed by atoms with Gasteiger partial charge in [0.2, 0.25) is 0 Å². The Labute approximate surface area is 210 Å². The minimum atomic E-state index is -5.08. The lowest BCUT2D eigenvalue weighted by molar-refractivity contribution is -0.192. The molecule has 1 saturated heterocycles. The van der Waals surface area contributed by atoms with Crippen molar-refractivity contribution in [1.29, 1.82) is 0 Å². The minimum Gasteiger partial charge on any atom is -0.475 e. The molecule has 0 radical (unpaired) electrons. The molecule has 202 valence electrons. The summed E-state index contributed by atoms with van der Waals surface area (Å²) < 4.78 is 41.0. The van der Waals surface area contributed by atoms with Crippen molar-refractivity contribution in [3.63, 3.8) is 0 Å². The Morgan fingerprint density at radius 3 is 2.54 bits per heavy atom. The highest BCUT2D eigenvalue weighted by atomic mass is 19.4. The normalized spacial score (nSPS) is 22.4. The Morgan fingerprint density at radius 1 is 1.16 bits per heavy atom. The van der Waals surface area contributed by atoms with E-state index in [1.165, 1.54) is 23.9 Å². The number of likely N-dealkylation sites (tertiary alicyclic amines) is 1. The molecule has 1 aliphatic carbocycles. The first kappa shape index (κ1) is 27.0. The van der Waals surface area contributed by atoms with Crippen LogP contribution in [0, 0.1) is 5.92 Å². The van der Waals surface area contributed by atoms with Crippen LogP contribution in [-0.4, -0.2) is 60.2 Å². The molecular weight excluding hydrogens is 495 g/mol. The molecule has 1 N–H and O–H groups in total. The Balaban J connectivity index is 0.000000405. The molecule has 5 rings (SSSR count). The second-order valence-corrected chi connectivity index (χ2v) is 9.90. The van der Waals surface area contributed by atoms with Crippen LogP contribution >= 0.6 is 0 Å². The number of rotatable bonds is 4. The largest absolute Gasteiger partial charge is 0.490 e. The predicted octanol–water partition coefficient (Wildman–Crippen LogP) is 2.19. The number of hydrogen-bond acceptors (Lipinski definition) is 7. The first-order valence-corrected chi connectivity index (χ1v) is 12.3. The molecule has 2 aromatic rings. The van der Waals surface area contributed by atoms with Crippen molar-refractivity contribution in [2.24, 2.45) is 5.92 Å². The number of pyridine rings is 1. The Bertz CT molecular complexity index is 1210. The van der Waals surface area contributed by atoms with E-state index in [2.05, 4.69) is 21.0 Å². The van der Waals surface area contributed by atoms with Crippen LogP contribution in [0.4, 0.5) is 13.2 Å². The van der Waals surface area contributed by atoms with Gasteiger partial charge < -0.3 is 9.84 Å². The van der Waals surface area contributed by atoms with E-state index in [9.17, 15) is 22.8 Å². The van der Waals surface area contributed by atoms with Gasteiger partial charge in [-0.25, -0.2) is 9.48 Å². The van der Waals surface area contributed by atoms with Gasteiger partial charge in [0.15, 0.2) is 5.82 Å². The van der Waals surface area contributed by atoms with E-state index < -0.39 is 28.9 Å². The van der Waals surface area contributed by atoms with E-state index in [1.807, 2.05) is 12.3 Å². The highest BCUT2D eigenvalue weighted by Gasteiger charge is 2.43. The first-order chi connectivity index (χ1) is 17.6. The van der Waals surface area contributed by atoms with Gasteiger partial charge in [0.1, 0.15) is 12.2 Å². The summed E-state index contributed by atoms with van der Waals surface area (Å²) in [5.41, 5.74) is -0.214. The number of carboxylic acids is 1. The van der Waals surface area contributed by atoms with Crippen LogP contribution in [0.15, 0.2) is 34.1 Å². The highest BCUT2D eigenvalue weighted by molar-refractivity contribution is 5.73. The van der Waals surface area contributed by atoms with Gasteiger partial charge in [-0.1, -0.05) is 25.3 Å². The molecule has 2 fully saturated rings. The summed E-state index contributed by atoms with van der Waals surface area (Å²) in [5, 5.41) is 11.7. The molecule has 0 amide bonds. The van der Waals surface area contributed by atoms with Crippen LogP contribution in [0.25, 0.3) is 0 Å². The van der Waals surface area contributed by atoms with Crippen molar-refractivity contribution < 1.29 is 27.8 Å². The van der Waals surface area contributed by atoms with Crippen LogP contribution < -0.4 is 11.1 Å². The third-order valence-electron chi connectivity index (χ3n) is 7.09. The lowest BCUT2D eigenvalue weighted by atomic mass is 9.89. The number of hydrogen-bond donors (Lipinski definition) is 1. The molecule has 10 nitrogen and oxygen atoms in total. The monoisotopic (exact) mass is 525 g/mol. The number of aliphatic carboxylic acids is 1. The van der Waals surface area contributed by atoms with Crippen molar-refractivity contribution in [3.8, 4) is 0 Å². The van der Waals surface area contributed by atoms with E-state index in [1.54, 1.807) is 10.8 Å². The Morgan fingerprint density at radius 2 is 1.89 bits per heavy atom. The predicted molar refractivity (Wildman–Crippen MR) is 125 cm³/mol. The van der Waals surface area contributed by atoms with E-state index in [0.29, 0.717) is 24.8 Å². The molecule has 2 aromatic heterocycles. The lowest BCUT2D eigenvalue weighted by Gasteiger charge is -2.35. The molecular formula is C24H30F3N5O5. The molecule has 2 aliphatic heterocycles. The van der Waals surface area contributed by atoms with Crippen molar-refractivity contribution in [2.75, 3.05) is 13.1 Å². The first-order valence-electron chi connectivity index (χ1n) is 12.3. The maximum absolute atomic E-state index is 12.9. The van der Waals surface area contributed by atoms with Gasteiger partial charge in [-0.05, 0) is 36.8 Å². The number of halogens is 3. The summed E-state index contributed by atoms with van der Waals surface area (Å²) in [6, 6.07) is 4.01. The fourth-order valence-electron chi connectivity index (χ4n) is 5.20. The molecule has 0 aromatic carbocycles. The summed E-state index contributed by atoms with van der Waals surface area (Å²) in [6.07, 6.45) is 5.29. The SMILES string of the molecule is O=C(O)C(F)(F)F.O=c1c(=O)n2c(nn1CC1CCCCC1)COC1(CCN(Cc3cccnc3)C1)C2. The molecule has 1 saturated carbocycles. The third-order valence-corrected chi connectivity index (χ3v) is 7.09. The third kappa shape index (κ3) is 6.63. The van der Waals surface area contributed by atoms with Crippen molar-refractivity contribution in [3.05, 3.63) is 56.6 Å². The fourth-order valence-corrected chi connectivity index (χ4v) is 5.20. The topological polar surface area (TPSA) is 120 Å². The van der Waals surface area contributed by atoms with Crippen LogP contribution in [-0.2, 0) is 35.8 Å². The molecule has 0 bridgehead atoms. The minimum absolute atomic E-state index is 0.279. The van der Waals surface area contributed by atoms with Gasteiger partial charge >= 0.3 is 23.3 Å². The average Bonchev–Trinajstić information content (AvgIpc) is 3.25. The smallest absolute Gasteiger partial charge is 0.475 e. The molecule has 3 aliphatic rings. The molecule has 1 unspecified atom stereocenters. The van der Waals surface area contributed by atoms with Gasteiger partial charge in [-0.15, -0.1) is 0 Å². The van der Waals surface area contributed by atoms with Gasteiger partial charge in [0.25, 0.3) is 0 Å². The summed E-state index contributed by atoms with van der Waals surface area (Å²) in [5.74, 6) is -1.74. The Hall–Kier alpha value is -3.06. The van der Waals surface area contributed by atoms with Crippen molar-refractivity contribution in [2.45, 2.75) is 76.5 Å². The van der Waals surface area contributed by atoms with E-state index in [-0.39, 0.29) is 6.61 Å². The Kier molecular flexibility index (Phi) is 8.12. The standard InChI is InChI=1S/C22H29N5O3.C2HF3O2/c28-20-21(29)27(13-17-5-2-1-3-6-17)24-19-14-30-22(16-26(19)20)8-10-25(15-22)12-18-7-4-9-23-11-18;3-2(4,5)1(6)7/h4,7,9,11,17H,1-3,5-6,8,10,12-16H2;(H,6,7). The van der Waals surface area contributed by atoms with E-state index in [4.69, 9.17) is 14.6 Å². The zero-order valence-corrected chi connectivity index (χ0v) is 20.3. The molecule has 13 heteroatoms. The maximum atomic E-state index is 12.9. The van der Waals surface area contributed by atoms with Crippen LogP contribution in [0.3, 0.4) is 0 Å². The zero-order chi connectivity index (χ0) is 26.6. The molecule has 37 heavy (non-hydrogen) atoms. The molecule has 4 heterocycles. The number of fused-ring (bicyclic) bond motifs is 1. The number of aromatic nitrogens is 4. The number of carboxylic acid groups (broad SMARTS) is 1. The van der Waals surface area contributed by atoms with Crippen molar-refractivity contribution >= 4 is 5.97 Å². The quantitative estimate of drug-likeness (QED) is 0.604. The highest BCUT2D eigenvalue weighted by Crippen LogP contribution is 2.32. The molecule has 1 atom stereocenters. The summed E-state index contributed by atoms with van der Waals surface area (Å²) in [6.45, 7) is 3.66. The fraction of sp³-hybridized carbons (Fsp3) is 0.625. The lowest BCUT2D eigenvalue weighted by Crippen LogP contribution is -2.53. The average molecular weight is 526 g/mol. The summed E-state index contributed by atoms with van der Waals surface area (Å²) in [4.78, 5) is 41.0. The second-order valence-electron chi connectivity index (χ2n) is 9.90. The van der Waals surface area contributed by atoms with Crippen LogP contribution in [0.1, 0.15) is 49.9 Å². The number of alkyl halides is 3. The van der Waals surface area contributed by atoms with E-state index >= 15 is 0 Å². The van der Waals surface area contributed by atoms with Gasteiger partial charge in [-0.2, -0.15) is 18.3 Å². The zero-order valence-electron chi connectivity index (χ0n) is 20.3. The van der Waals surface area contributed by atoms with Crippen LogP contribution in [0.2, 0.25) is 0 Å². The van der Waals surface area contributed by atoms with Gasteiger partial charge in [0, 0.05) is 38.6 Å². The maximum Gasteiger partial charge on any atom is 0.490 e. The second kappa shape index (κ2) is 11.1. The summed E-state index contributed by atoms with van der Waals surface area (Å²) >= 11 is 0. The summed E-state index contributed by atoms with van der Waals surface area (Å²) in [7, 11) is 0. The van der Waals surface area contributed by atoms with Gasteiger partial charge in [0.05, 0.1) is 6.54 Å².